The summed E-state index contributed by atoms with van der Waals surface area (Å²) in [6.07, 6.45) is 1.95. The summed E-state index contributed by atoms with van der Waals surface area (Å²) in [4.78, 5) is 24.7. The van der Waals surface area contributed by atoms with Crippen LogP contribution >= 0.6 is 11.3 Å². The molecule has 0 spiro atoms. The predicted molar refractivity (Wildman–Crippen MR) is 69.3 cm³/mol. The monoisotopic (exact) mass is 281 g/mol. The zero-order valence-electron chi connectivity index (χ0n) is 10.3. The molecule has 2 aliphatic rings. The van der Waals surface area contributed by atoms with E-state index < -0.39 is 5.97 Å². The highest BCUT2D eigenvalue weighted by Gasteiger charge is 2.35. The summed E-state index contributed by atoms with van der Waals surface area (Å²) in [7, 11) is 0. The molecule has 0 bridgehead atoms. The quantitative estimate of drug-likeness (QED) is 0.878. The Balaban J connectivity index is 1.59. The summed E-state index contributed by atoms with van der Waals surface area (Å²) in [5.74, 6) is -1.15. The Morgan fingerprint density at radius 1 is 1.42 bits per heavy atom. The number of fused-ring (bicyclic) bond motifs is 1. The van der Waals surface area contributed by atoms with Gasteiger partial charge in [0.1, 0.15) is 0 Å². The van der Waals surface area contributed by atoms with Crippen LogP contribution in [-0.2, 0) is 22.6 Å². The van der Waals surface area contributed by atoms with Crippen LogP contribution < -0.4 is 5.32 Å². The van der Waals surface area contributed by atoms with Crippen molar-refractivity contribution in [3.63, 3.8) is 0 Å². The Labute approximate surface area is 114 Å². The van der Waals surface area contributed by atoms with Crippen LogP contribution in [0.3, 0.4) is 0 Å². The van der Waals surface area contributed by atoms with Crippen LogP contribution in [0.15, 0.2) is 6.07 Å². The first-order valence-electron chi connectivity index (χ1n) is 6.36. The fourth-order valence-corrected chi connectivity index (χ4v) is 3.51. The summed E-state index contributed by atoms with van der Waals surface area (Å²) >= 11 is 1.52. The Hall–Kier alpha value is -1.40. The van der Waals surface area contributed by atoms with Crippen LogP contribution in [0, 0.1) is 5.92 Å². The Kier molecular flexibility index (Phi) is 3.28. The van der Waals surface area contributed by atoms with Crippen molar-refractivity contribution in [1.82, 2.24) is 5.32 Å². The zero-order valence-corrected chi connectivity index (χ0v) is 11.2. The Morgan fingerprint density at radius 3 is 2.89 bits per heavy atom. The van der Waals surface area contributed by atoms with Crippen LogP contribution in [0.2, 0.25) is 0 Å². The summed E-state index contributed by atoms with van der Waals surface area (Å²) in [6.45, 7) is 1.31. The zero-order chi connectivity index (χ0) is 13.4. The van der Waals surface area contributed by atoms with E-state index >= 15 is 0 Å². The Morgan fingerprint density at radius 2 is 2.21 bits per heavy atom. The minimum Gasteiger partial charge on any atom is -0.481 e. The van der Waals surface area contributed by atoms with E-state index in [1.165, 1.54) is 16.2 Å². The van der Waals surface area contributed by atoms with Crippen LogP contribution in [0.4, 0.5) is 0 Å². The molecular formula is C13H15NO4S. The molecule has 5 nitrogen and oxygen atoms in total. The molecule has 19 heavy (non-hydrogen) atoms. The summed E-state index contributed by atoms with van der Waals surface area (Å²) < 4.78 is 5.35. The molecule has 3 rings (SSSR count). The minimum atomic E-state index is -0.769. The largest absolute Gasteiger partial charge is 0.481 e. The number of ether oxygens (including phenoxy) is 1. The van der Waals surface area contributed by atoms with E-state index in [4.69, 9.17) is 9.84 Å². The third kappa shape index (κ3) is 2.50. The van der Waals surface area contributed by atoms with Crippen molar-refractivity contribution in [2.24, 2.45) is 5.92 Å². The maximum absolute atomic E-state index is 12.1. The van der Waals surface area contributed by atoms with E-state index in [0.717, 1.165) is 18.6 Å². The maximum Gasteiger partial charge on any atom is 0.306 e. The molecule has 1 fully saturated rings. The predicted octanol–water partition coefficient (Wildman–Crippen LogP) is 1.41. The lowest BCUT2D eigenvalue weighted by Gasteiger charge is -2.32. The van der Waals surface area contributed by atoms with E-state index in [1.807, 2.05) is 6.07 Å². The van der Waals surface area contributed by atoms with Gasteiger partial charge in [-0.25, -0.2) is 0 Å². The molecule has 2 N–H and O–H groups in total. The lowest BCUT2D eigenvalue weighted by atomic mass is 9.80. The number of carbonyl (C=O) groups excluding carboxylic acids is 1. The first-order valence-corrected chi connectivity index (χ1v) is 7.18. The average molecular weight is 281 g/mol. The molecule has 6 heteroatoms. The molecular weight excluding hydrogens is 266 g/mol. The summed E-state index contributed by atoms with van der Waals surface area (Å²) in [6, 6.07) is 1.89. The van der Waals surface area contributed by atoms with E-state index in [-0.39, 0.29) is 17.9 Å². The van der Waals surface area contributed by atoms with Crippen molar-refractivity contribution in [2.75, 3.05) is 6.61 Å². The number of aliphatic carboxylic acids is 1. The number of thiophene rings is 1. The fourth-order valence-electron chi connectivity index (χ4n) is 2.45. The van der Waals surface area contributed by atoms with Crippen LogP contribution in [0.25, 0.3) is 0 Å². The molecule has 0 atom stereocenters. The van der Waals surface area contributed by atoms with Crippen molar-refractivity contribution in [2.45, 2.75) is 31.9 Å². The first-order chi connectivity index (χ1) is 9.13. The molecule has 1 aromatic heterocycles. The van der Waals surface area contributed by atoms with Gasteiger partial charge in [0.05, 0.1) is 24.0 Å². The van der Waals surface area contributed by atoms with Gasteiger partial charge in [-0.1, -0.05) is 0 Å². The van der Waals surface area contributed by atoms with E-state index in [0.29, 0.717) is 24.3 Å². The molecule has 102 valence electrons. The van der Waals surface area contributed by atoms with Crippen molar-refractivity contribution in [3.05, 3.63) is 21.4 Å². The van der Waals surface area contributed by atoms with Gasteiger partial charge in [0.25, 0.3) is 5.91 Å². The molecule has 1 aromatic rings. The molecule has 1 aliphatic carbocycles. The fraction of sp³-hybridized carbons (Fsp3) is 0.538. The van der Waals surface area contributed by atoms with Gasteiger partial charge in [0, 0.05) is 17.3 Å². The number of amides is 1. The van der Waals surface area contributed by atoms with Gasteiger partial charge in [-0.2, -0.15) is 0 Å². The van der Waals surface area contributed by atoms with Crippen molar-refractivity contribution in [3.8, 4) is 0 Å². The Bertz CT molecular complexity index is 495. The van der Waals surface area contributed by atoms with Gasteiger partial charge < -0.3 is 15.2 Å². The minimum absolute atomic E-state index is 0.00368. The number of carboxylic acid groups (broad SMARTS) is 1. The highest BCUT2D eigenvalue weighted by atomic mass is 32.1. The number of rotatable bonds is 3. The summed E-state index contributed by atoms with van der Waals surface area (Å²) in [5, 5.41) is 11.7. The van der Waals surface area contributed by atoms with E-state index in [1.54, 1.807) is 0 Å². The SMILES string of the molecule is O=C(NC1CC(C(=O)O)C1)c1cc2c(s1)CCOC2. The normalized spacial score (nSPS) is 25.3. The second-order valence-electron chi connectivity index (χ2n) is 5.04. The molecule has 0 saturated heterocycles. The number of hydrogen-bond acceptors (Lipinski definition) is 4. The number of carboxylic acids is 1. The average Bonchev–Trinajstić information content (AvgIpc) is 2.76. The maximum atomic E-state index is 12.1. The molecule has 1 amide bonds. The van der Waals surface area contributed by atoms with Gasteiger partial charge in [0.2, 0.25) is 0 Å². The number of carbonyl (C=O) groups is 2. The molecule has 0 radical (unpaired) electrons. The highest BCUT2D eigenvalue weighted by Crippen LogP contribution is 2.30. The standard InChI is InChI=1S/C13H15NO4S/c15-12(14-9-3-7(4-9)13(16)17)11-5-8-6-18-2-1-10(8)19-11/h5,7,9H,1-4,6H2,(H,14,15)(H,16,17). The van der Waals surface area contributed by atoms with E-state index in [2.05, 4.69) is 5.32 Å². The second-order valence-corrected chi connectivity index (χ2v) is 6.18. The lowest BCUT2D eigenvalue weighted by Crippen LogP contribution is -2.46. The van der Waals surface area contributed by atoms with Gasteiger partial charge >= 0.3 is 5.97 Å². The van der Waals surface area contributed by atoms with E-state index in [9.17, 15) is 9.59 Å². The van der Waals surface area contributed by atoms with Gasteiger partial charge in [-0.05, 0) is 24.5 Å². The van der Waals surface area contributed by atoms with Crippen molar-refractivity contribution < 1.29 is 19.4 Å². The van der Waals surface area contributed by atoms with Crippen molar-refractivity contribution >= 4 is 23.2 Å². The number of nitrogens with one attached hydrogen (secondary N) is 1. The number of hydrogen-bond donors (Lipinski definition) is 2. The first kappa shape index (κ1) is 12.6. The molecule has 1 aliphatic heterocycles. The van der Waals surface area contributed by atoms with Crippen LogP contribution in [0.5, 0.6) is 0 Å². The smallest absolute Gasteiger partial charge is 0.306 e. The van der Waals surface area contributed by atoms with Crippen molar-refractivity contribution in [1.29, 1.82) is 0 Å². The molecule has 1 saturated carbocycles. The lowest BCUT2D eigenvalue weighted by molar-refractivity contribution is -0.145. The van der Waals surface area contributed by atoms with Crippen LogP contribution in [0.1, 0.15) is 33.0 Å². The molecule has 2 heterocycles. The molecule has 0 aromatic carbocycles. The third-order valence-corrected chi connectivity index (χ3v) is 4.91. The van der Waals surface area contributed by atoms with Crippen LogP contribution in [-0.4, -0.2) is 29.6 Å². The second kappa shape index (κ2) is 4.94. The summed E-state index contributed by atoms with van der Waals surface area (Å²) in [5.41, 5.74) is 1.11. The highest BCUT2D eigenvalue weighted by molar-refractivity contribution is 7.14. The van der Waals surface area contributed by atoms with Gasteiger partial charge in [-0.15, -0.1) is 11.3 Å². The molecule has 0 unspecified atom stereocenters. The topological polar surface area (TPSA) is 75.6 Å². The van der Waals surface area contributed by atoms with Gasteiger partial charge in [-0.3, -0.25) is 9.59 Å². The van der Waals surface area contributed by atoms with Gasteiger partial charge in [0.15, 0.2) is 0 Å². The third-order valence-electron chi connectivity index (χ3n) is 3.67.